The predicted molar refractivity (Wildman–Crippen MR) is 71.4 cm³/mol. The third kappa shape index (κ3) is 2.49. The van der Waals surface area contributed by atoms with Gasteiger partial charge in [-0.2, -0.15) is 4.31 Å². The molecule has 0 radical (unpaired) electrons. The zero-order valence-electron chi connectivity index (χ0n) is 10.4. The topological polar surface area (TPSA) is 76.5 Å². The fraction of sp³-hybridized carbons (Fsp3) is 0.636. The second-order valence-electron chi connectivity index (χ2n) is 4.65. The fourth-order valence-corrected chi connectivity index (χ4v) is 4.30. The lowest BCUT2D eigenvalue weighted by atomic mass is 10.2. The number of halogens is 1. The molecule has 1 aliphatic carbocycles. The van der Waals surface area contributed by atoms with Crippen molar-refractivity contribution in [2.24, 2.45) is 11.7 Å². The zero-order chi connectivity index (χ0) is 13.5. The van der Waals surface area contributed by atoms with Gasteiger partial charge in [-0.05, 0) is 41.6 Å². The highest BCUT2D eigenvalue weighted by Crippen LogP contribution is 2.37. The highest BCUT2D eigenvalue weighted by atomic mass is 79.9. The highest BCUT2D eigenvalue weighted by Gasteiger charge is 2.37. The quantitative estimate of drug-likeness (QED) is 0.891. The molecule has 0 aliphatic heterocycles. The van der Waals surface area contributed by atoms with Crippen LogP contribution in [0.3, 0.4) is 0 Å². The number of furan rings is 1. The lowest BCUT2D eigenvalue weighted by Crippen LogP contribution is -2.36. The summed E-state index contributed by atoms with van der Waals surface area (Å²) in [6.45, 7) is 2.11. The predicted octanol–water partition coefficient (Wildman–Crippen LogP) is 1.92. The zero-order valence-corrected chi connectivity index (χ0v) is 12.8. The van der Waals surface area contributed by atoms with E-state index < -0.39 is 10.0 Å². The van der Waals surface area contributed by atoms with Gasteiger partial charge >= 0.3 is 0 Å². The van der Waals surface area contributed by atoms with Crippen LogP contribution >= 0.6 is 15.9 Å². The molecule has 0 bridgehead atoms. The minimum absolute atomic E-state index is 0.0122. The summed E-state index contributed by atoms with van der Waals surface area (Å²) in [4.78, 5) is 0.151. The van der Waals surface area contributed by atoms with E-state index >= 15 is 0 Å². The normalized spacial score (nSPS) is 18.3. The highest BCUT2D eigenvalue weighted by molar-refractivity contribution is 9.10. The van der Waals surface area contributed by atoms with Crippen molar-refractivity contribution in [2.75, 3.05) is 7.05 Å². The summed E-state index contributed by atoms with van der Waals surface area (Å²) in [6.07, 6.45) is 2.20. The molecule has 1 atom stereocenters. The van der Waals surface area contributed by atoms with E-state index in [0.717, 1.165) is 12.8 Å². The molecule has 1 aliphatic rings. The first kappa shape index (κ1) is 14.0. The molecule has 0 aromatic carbocycles. The van der Waals surface area contributed by atoms with Gasteiger partial charge in [-0.25, -0.2) is 8.42 Å². The van der Waals surface area contributed by atoms with Gasteiger partial charge in [0.25, 0.3) is 0 Å². The molecule has 1 heterocycles. The van der Waals surface area contributed by atoms with Crippen LogP contribution in [0.15, 0.2) is 20.0 Å². The minimum Gasteiger partial charge on any atom is -0.452 e. The van der Waals surface area contributed by atoms with Crippen LogP contribution in [0.25, 0.3) is 0 Å². The van der Waals surface area contributed by atoms with Crippen molar-refractivity contribution in [2.45, 2.75) is 37.2 Å². The second-order valence-corrected chi connectivity index (χ2v) is 7.34. The van der Waals surface area contributed by atoms with Crippen LogP contribution in [-0.2, 0) is 16.6 Å². The van der Waals surface area contributed by atoms with Gasteiger partial charge in [0.05, 0.1) is 6.54 Å². The number of nitrogens with zero attached hydrogens (tertiary/aromatic N) is 1. The number of nitrogens with two attached hydrogens (primary N) is 1. The summed E-state index contributed by atoms with van der Waals surface area (Å²) in [6, 6.07) is 1.49. The van der Waals surface area contributed by atoms with Crippen molar-refractivity contribution >= 4 is 26.0 Å². The average molecular weight is 337 g/mol. The monoisotopic (exact) mass is 336 g/mol. The lowest BCUT2D eigenvalue weighted by Gasteiger charge is -2.23. The van der Waals surface area contributed by atoms with Crippen LogP contribution in [0.1, 0.15) is 25.5 Å². The van der Waals surface area contributed by atoms with Crippen LogP contribution in [0.4, 0.5) is 0 Å². The molecule has 5 nitrogen and oxygen atoms in total. The Morgan fingerprint density at radius 2 is 2.22 bits per heavy atom. The average Bonchev–Trinajstić information content (AvgIpc) is 3.10. The maximum atomic E-state index is 12.5. The van der Waals surface area contributed by atoms with Gasteiger partial charge < -0.3 is 10.2 Å². The molecule has 1 unspecified atom stereocenters. The smallest absolute Gasteiger partial charge is 0.247 e. The number of rotatable bonds is 5. The van der Waals surface area contributed by atoms with Crippen molar-refractivity contribution in [3.63, 3.8) is 0 Å². The Hall–Kier alpha value is -0.370. The Morgan fingerprint density at radius 3 is 2.67 bits per heavy atom. The first-order chi connectivity index (χ1) is 8.37. The van der Waals surface area contributed by atoms with Gasteiger partial charge in [0.1, 0.15) is 10.7 Å². The van der Waals surface area contributed by atoms with Gasteiger partial charge in [0.15, 0.2) is 4.67 Å². The van der Waals surface area contributed by atoms with Gasteiger partial charge in [-0.15, -0.1) is 0 Å². The van der Waals surface area contributed by atoms with Crippen LogP contribution in [0.2, 0.25) is 0 Å². The Balaban J connectivity index is 2.31. The van der Waals surface area contributed by atoms with E-state index in [4.69, 9.17) is 10.2 Å². The molecule has 1 fully saturated rings. The molecule has 102 valence electrons. The Kier molecular flexibility index (Phi) is 3.87. The molecular formula is C11H17BrN2O3S. The van der Waals surface area contributed by atoms with E-state index in [1.165, 1.54) is 10.4 Å². The van der Waals surface area contributed by atoms with Crippen molar-refractivity contribution in [3.8, 4) is 0 Å². The van der Waals surface area contributed by atoms with Crippen LogP contribution in [-0.4, -0.2) is 25.8 Å². The van der Waals surface area contributed by atoms with Gasteiger partial charge in [0.2, 0.25) is 10.0 Å². The lowest BCUT2D eigenvalue weighted by molar-refractivity contribution is 0.356. The first-order valence-electron chi connectivity index (χ1n) is 5.84. The fourth-order valence-electron chi connectivity index (χ4n) is 1.92. The van der Waals surface area contributed by atoms with Gasteiger partial charge in [0, 0.05) is 19.2 Å². The second kappa shape index (κ2) is 4.96. The van der Waals surface area contributed by atoms with Crippen molar-refractivity contribution in [1.82, 2.24) is 4.31 Å². The van der Waals surface area contributed by atoms with E-state index in [2.05, 4.69) is 15.9 Å². The van der Waals surface area contributed by atoms with Crippen molar-refractivity contribution < 1.29 is 12.8 Å². The Bertz CT molecular complexity index is 536. The SMILES string of the molecule is CC(C1CC1)N(C)S(=O)(=O)c1cc(CN)oc1Br. The van der Waals surface area contributed by atoms with Gasteiger partial charge in [-0.3, -0.25) is 0 Å². The number of sulfonamides is 1. The van der Waals surface area contributed by atoms with E-state index in [0.29, 0.717) is 11.7 Å². The summed E-state index contributed by atoms with van der Waals surface area (Å²) in [5.41, 5.74) is 5.45. The first-order valence-corrected chi connectivity index (χ1v) is 8.07. The largest absolute Gasteiger partial charge is 0.452 e. The maximum Gasteiger partial charge on any atom is 0.247 e. The maximum absolute atomic E-state index is 12.5. The third-order valence-electron chi connectivity index (χ3n) is 3.44. The third-order valence-corrected chi connectivity index (χ3v) is 6.24. The van der Waals surface area contributed by atoms with Gasteiger partial charge in [-0.1, -0.05) is 0 Å². The van der Waals surface area contributed by atoms with Crippen LogP contribution in [0, 0.1) is 5.92 Å². The van der Waals surface area contributed by atoms with Crippen molar-refractivity contribution in [1.29, 1.82) is 0 Å². The Morgan fingerprint density at radius 1 is 1.61 bits per heavy atom. The molecule has 0 saturated heterocycles. The summed E-state index contributed by atoms with van der Waals surface area (Å²) < 4.78 is 31.8. The van der Waals surface area contributed by atoms with E-state index in [9.17, 15) is 8.42 Å². The summed E-state index contributed by atoms with van der Waals surface area (Å²) >= 11 is 3.14. The van der Waals surface area contributed by atoms with E-state index in [-0.39, 0.29) is 22.2 Å². The molecule has 0 spiro atoms. The van der Waals surface area contributed by atoms with E-state index in [1.807, 2.05) is 6.92 Å². The van der Waals surface area contributed by atoms with Crippen LogP contribution < -0.4 is 5.73 Å². The molecule has 2 rings (SSSR count). The van der Waals surface area contributed by atoms with E-state index in [1.54, 1.807) is 7.05 Å². The molecule has 1 aromatic heterocycles. The standard InChI is InChI=1S/C11H17BrN2O3S/c1-7(8-3-4-8)14(2)18(15,16)10-5-9(6-13)17-11(10)12/h5,7-8H,3-4,6,13H2,1-2H3. The number of hydrogen-bond donors (Lipinski definition) is 1. The summed E-state index contributed by atoms with van der Waals surface area (Å²) in [5.74, 6) is 0.928. The molecule has 0 amide bonds. The molecule has 1 aromatic rings. The molecule has 2 N–H and O–H groups in total. The molecule has 18 heavy (non-hydrogen) atoms. The van der Waals surface area contributed by atoms with Crippen molar-refractivity contribution in [3.05, 3.63) is 16.5 Å². The number of hydrogen-bond acceptors (Lipinski definition) is 4. The van der Waals surface area contributed by atoms with Crippen LogP contribution in [0.5, 0.6) is 0 Å². The minimum atomic E-state index is -3.53. The molecule has 1 saturated carbocycles. The summed E-state index contributed by atoms with van der Waals surface area (Å²) in [5, 5.41) is 0. The molecule has 7 heteroatoms. The Labute approximate surface area is 116 Å². The molecular weight excluding hydrogens is 320 g/mol. The summed E-state index contributed by atoms with van der Waals surface area (Å²) in [7, 11) is -1.92.